The molecule has 2 aromatic rings. The fraction of sp³-hybridized carbons (Fsp3) is 0.450. The molecule has 0 aliphatic carbocycles. The van der Waals surface area contributed by atoms with Crippen molar-refractivity contribution in [2.24, 2.45) is 0 Å². The zero-order chi connectivity index (χ0) is 17.4. The number of aromatic hydroxyl groups is 1. The van der Waals surface area contributed by atoms with E-state index in [-0.39, 0.29) is 5.75 Å². The highest BCUT2D eigenvalue weighted by molar-refractivity contribution is 6.01. The Morgan fingerprint density at radius 3 is 2.64 bits per heavy atom. The molecule has 4 rings (SSSR count). The van der Waals surface area contributed by atoms with Gasteiger partial charge < -0.3 is 14.9 Å². The predicted octanol–water partition coefficient (Wildman–Crippen LogP) is 2.18. The van der Waals surface area contributed by atoms with Gasteiger partial charge in [-0.3, -0.25) is 9.69 Å². The van der Waals surface area contributed by atoms with Crippen LogP contribution in [0, 0.1) is 0 Å². The molecule has 1 N–H and O–H groups in total. The largest absolute Gasteiger partial charge is 0.507 e. The average molecular weight is 339 g/mol. The first kappa shape index (κ1) is 16.4. The lowest BCUT2D eigenvalue weighted by atomic mass is 10.0. The van der Waals surface area contributed by atoms with Crippen LogP contribution >= 0.6 is 0 Å². The number of nitrogens with zero attached hydrogens (tertiary/aromatic N) is 3. The number of hydrogen-bond donors (Lipinski definition) is 1. The summed E-state index contributed by atoms with van der Waals surface area (Å²) in [4.78, 5) is 18.7. The van der Waals surface area contributed by atoms with Crippen molar-refractivity contribution in [1.82, 2.24) is 9.80 Å². The van der Waals surface area contributed by atoms with Crippen molar-refractivity contribution in [3.05, 3.63) is 35.9 Å². The number of phenols is 1. The van der Waals surface area contributed by atoms with Crippen LogP contribution in [0.1, 0.15) is 16.8 Å². The van der Waals surface area contributed by atoms with Gasteiger partial charge in [-0.2, -0.15) is 0 Å². The molecule has 1 atom stereocenters. The van der Waals surface area contributed by atoms with Crippen molar-refractivity contribution in [3.8, 4) is 5.75 Å². The number of carbonyl (C=O) groups excluding carboxylic acids is 1. The normalized spacial score (nSPS) is 22.6. The number of fused-ring (bicyclic) bond motifs is 1. The minimum Gasteiger partial charge on any atom is -0.507 e. The van der Waals surface area contributed by atoms with E-state index < -0.39 is 0 Å². The molecule has 25 heavy (non-hydrogen) atoms. The lowest BCUT2D eigenvalue weighted by molar-refractivity contribution is 0.112. The van der Waals surface area contributed by atoms with E-state index in [1.807, 2.05) is 12.1 Å². The molecule has 2 aromatic carbocycles. The standard InChI is InChI=1S/C20H25N3O2/c1-21-8-10-22(11-9-21)17-6-7-23(13-17)16-3-4-18-15(12-16)2-5-20(25)19(18)14-24/h2-5,12,14,17,25H,6-11,13H2,1H3. The Hall–Kier alpha value is -2.11. The van der Waals surface area contributed by atoms with Gasteiger partial charge in [0.1, 0.15) is 5.75 Å². The Bertz CT molecular complexity index is 784. The van der Waals surface area contributed by atoms with Crippen molar-refractivity contribution < 1.29 is 9.90 Å². The molecule has 0 radical (unpaired) electrons. The topological polar surface area (TPSA) is 47.0 Å². The molecule has 2 aliphatic rings. The highest BCUT2D eigenvalue weighted by Gasteiger charge is 2.29. The van der Waals surface area contributed by atoms with Gasteiger partial charge in [-0.25, -0.2) is 0 Å². The molecule has 2 saturated heterocycles. The molecule has 0 bridgehead atoms. The molecule has 2 fully saturated rings. The summed E-state index contributed by atoms with van der Waals surface area (Å²) < 4.78 is 0. The molecule has 0 saturated carbocycles. The van der Waals surface area contributed by atoms with Crippen LogP contribution < -0.4 is 4.90 Å². The van der Waals surface area contributed by atoms with Crippen molar-refractivity contribution >= 4 is 22.7 Å². The van der Waals surface area contributed by atoms with Gasteiger partial charge in [0.25, 0.3) is 0 Å². The minimum atomic E-state index is 0.0477. The van der Waals surface area contributed by atoms with Gasteiger partial charge in [-0.05, 0) is 42.4 Å². The van der Waals surface area contributed by atoms with Crippen molar-refractivity contribution in [1.29, 1.82) is 0 Å². The number of phenolic OH excluding ortho intramolecular Hbond substituents is 1. The third kappa shape index (κ3) is 3.10. The molecule has 0 aromatic heterocycles. The second-order valence-electron chi connectivity index (χ2n) is 7.25. The van der Waals surface area contributed by atoms with Gasteiger partial charge in [0.15, 0.2) is 6.29 Å². The first-order valence-electron chi connectivity index (χ1n) is 9.04. The van der Waals surface area contributed by atoms with E-state index in [1.165, 1.54) is 12.1 Å². The van der Waals surface area contributed by atoms with Gasteiger partial charge in [-0.1, -0.05) is 12.1 Å². The summed E-state index contributed by atoms with van der Waals surface area (Å²) in [6.45, 7) is 6.77. The zero-order valence-corrected chi connectivity index (χ0v) is 14.7. The molecule has 5 heteroatoms. The van der Waals surface area contributed by atoms with E-state index >= 15 is 0 Å². The quantitative estimate of drug-likeness (QED) is 0.869. The lowest BCUT2D eigenvalue weighted by Crippen LogP contribution is -2.49. The van der Waals surface area contributed by atoms with E-state index in [9.17, 15) is 9.90 Å². The highest BCUT2D eigenvalue weighted by Crippen LogP contribution is 2.31. The minimum absolute atomic E-state index is 0.0477. The van der Waals surface area contributed by atoms with Crippen LogP contribution in [0.4, 0.5) is 5.69 Å². The number of anilines is 1. The SMILES string of the molecule is CN1CCN(C2CCN(c3ccc4c(C=O)c(O)ccc4c3)C2)CC1. The second-order valence-corrected chi connectivity index (χ2v) is 7.25. The summed E-state index contributed by atoms with van der Waals surface area (Å²) >= 11 is 0. The molecule has 0 amide bonds. The highest BCUT2D eigenvalue weighted by atomic mass is 16.3. The Kier molecular flexibility index (Phi) is 4.36. The van der Waals surface area contributed by atoms with Crippen LogP contribution in [0.2, 0.25) is 0 Å². The Morgan fingerprint density at radius 2 is 1.88 bits per heavy atom. The van der Waals surface area contributed by atoms with Gasteiger partial charge in [0.05, 0.1) is 5.56 Å². The van der Waals surface area contributed by atoms with Gasteiger partial charge in [0, 0.05) is 51.0 Å². The van der Waals surface area contributed by atoms with Crippen molar-refractivity contribution in [2.75, 3.05) is 51.2 Å². The third-order valence-corrected chi connectivity index (χ3v) is 5.72. The fourth-order valence-electron chi connectivity index (χ4n) is 4.11. The smallest absolute Gasteiger partial charge is 0.154 e. The molecule has 1 unspecified atom stereocenters. The number of carbonyl (C=O) groups is 1. The van der Waals surface area contributed by atoms with Gasteiger partial charge >= 0.3 is 0 Å². The van der Waals surface area contributed by atoms with Crippen LogP contribution in [0.5, 0.6) is 5.75 Å². The van der Waals surface area contributed by atoms with Crippen LogP contribution in [0.15, 0.2) is 30.3 Å². The third-order valence-electron chi connectivity index (χ3n) is 5.72. The maximum Gasteiger partial charge on any atom is 0.154 e. The number of rotatable bonds is 3. The van der Waals surface area contributed by atoms with Gasteiger partial charge in [0.2, 0.25) is 0 Å². The van der Waals surface area contributed by atoms with Crippen LogP contribution in [0.25, 0.3) is 10.8 Å². The fourth-order valence-corrected chi connectivity index (χ4v) is 4.11. The molecule has 5 nitrogen and oxygen atoms in total. The Balaban J connectivity index is 1.53. The first-order chi connectivity index (χ1) is 12.2. The van der Waals surface area contributed by atoms with E-state index in [0.29, 0.717) is 11.6 Å². The summed E-state index contributed by atoms with van der Waals surface area (Å²) in [6.07, 6.45) is 1.94. The maximum atomic E-state index is 11.2. The van der Waals surface area contributed by atoms with Crippen LogP contribution in [-0.2, 0) is 0 Å². The summed E-state index contributed by atoms with van der Waals surface area (Å²) in [5.74, 6) is 0.0477. The molecule has 2 aliphatic heterocycles. The van der Waals surface area contributed by atoms with Gasteiger partial charge in [-0.15, -0.1) is 0 Å². The van der Waals surface area contributed by atoms with E-state index in [1.54, 1.807) is 6.07 Å². The van der Waals surface area contributed by atoms with E-state index in [2.05, 4.69) is 33.9 Å². The first-order valence-corrected chi connectivity index (χ1v) is 9.04. The summed E-state index contributed by atoms with van der Waals surface area (Å²) in [5, 5.41) is 11.7. The summed E-state index contributed by atoms with van der Waals surface area (Å²) in [5.41, 5.74) is 1.58. The molecule has 132 valence electrons. The monoisotopic (exact) mass is 339 g/mol. The number of aldehydes is 1. The summed E-state index contributed by atoms with van der Waals surface area (Å²) in [7, 11) is 2.19. The van der Waals surface area contributed by atoms with E-state index in [0.717, 1.165) is 56.3 Å². The Morgan fingerprint density at radius 1 is 1.08 bits per heavy atom. The second kappa shape index (κ2) is 6.65. The van der Waals surface area contributed by atoms with Crippen LogP contribution in [0.3, 0.4) is 0 Å². The Labute approximate surface area is 148 Å². The summed E-state index contributed by atoms with van der Waals surface area (Å²) in [6, 6.07) is 10.3. The van der Waals surface area contributed by atoms with E-state index in [4.69, 9.17) is 0 Å². The number of likely N-dealkylation sites (N-methyl/N-ethyl adjacent to an activating group) is 1. The average Bonchev–Trinajstić information content (AvgIpc) is 3.12. The van der Waals surface area contributed by atoms with Crippen LogP contribution in [-0.4, -0.2) is 73.6 Å². The molecular formula is C20H25N3O2. The number of benzene rings is 2. The lowest BCUT2D eigenvalue weighted by Gasteiger charge is -2.36. The molecule has 2 heterocycles. The number of piperazine rings is 1. The van der Waals surface area contributed by atoms with Crippen molar-refractivity contribution in [2.45, 2.75) is 12.5 Å². The van der Waals surface area contributed by atoms with Crippen molar-refractivity contribution in [3.63, 3.8) is 0 Å². The molecule has 0 spiro atoms. The maximum absolute atomic E-state index is 11.2. The zero-order valence-electron chi connectivity index (χ0n) is 14.7. The molecular weight excluding hydrogens is 314 g/mol. The number of hydrogen-bond acceptors (Lipinski definition) is 5. The predicted molar refractivity (Wildman–Crippen MR) is 101 cm³/mol.